The Kier molecular flexibility index (Phi) is 18.1. The average molecular weight is 667 g/mol. The van der Waals surface area contributed by atoms with Gasteiger partial charge in [0.05, 0.1) is 0 Å². The van der Waals surface area contributed by atoms with E-state index >= 15 is 0 Å². The molecule has 0 heterocycles. The van der Waals surface area contributed by atoms with E-state index in [1.807, 2.05) is 0 Å². The number of rotatable bonds is 23. The van der Waals surface area contributed by atoms with Crippen LogP contribution in [0.3, 0.4) is 0 Å². The van der Waals surface area contributed by atoms with E-state index in [0.717, 1.165) is 45.3 Å². The lowest BCUT2D eigenvalue weighted by atomic mass is 10.1. The zero-order chi connectivity index (χ0) is 30.4. The molecule has 0 amide bonds. The van der Waals surface area contributed by atoms with Gasteiger partial charge in [-0.25, -0.2) is 0 Å². The van der Waals surface area contributed by atoms with Crippen LogP contribution in [0.4, 0.5) is 0 Å². The fourth-order valence-corrected chi connectivity index (χ4v) is 10.1. The first-order chi connectivity index (χ1) is 21.2. The summed E-state index contributed by atoms with van der Waals surface area (Å²) in [6.07, 6.45) is 21.3. The second-order valence-corrected chi connectivity index (χ2v) is 17.4. The van der Waals surface area contributed by atoms with Crippen molar-refractivity contribution in [2.45, 2.75) is 110 Å². The molecule has 0 saturated carbocycles. The van der Waals surface area contributed by atoms with Gasteiger partial charge in [0.1, 0.15) is 15.9 Å². The van der Waals surface area contributed by atoms with E-state index < -0.39 is 5.96 Å². The highest BCUT2D eigenvalue weighted by Gasteiger charge is 2.43. The van der Waals surface area contributed by atoms with Crippen molar-refractivity contribution in [3.8, 4) is 0 Å². The fraction of sp³-hybridized carbons (Fsp3) is 0.487. The van der Waals surface area contributed by atoms with Gasteiger partial charge in [0, 0.05) is 13.2 Å². The maximum absolute atomic E-state index is 6.06. The van der Waals surface area contributed by atoms with Crippen LogP contribution >= 0.6 is 21.5 Å². The monoisotopic (exact) mass is 665 g/mol. The number of unbranched alkanes of at least 4 members (excludes halogenated alkanes) is 8. The molecule has 0 unspecified atom stereocenters. The van der Waals surface area contributed by atoms with Gasteiger partial charge in [-0.3, -0.25) is 0 Å². The summed E-state index contributed by atoms with van der Waals surface area (Å²) >= 11 is 4.26. The summed E-state index contributed by atoms with van der Waals surface area (Å²) in [5.74, 6) is -1.83. The van der Waals surface area contributed by atoms with Gasteiger partial charge in [0.25, 0.3) is 0 Å². The molecule has 0 aliphatic heterocycles. The van der Waals surface area contributed by atoms with Crippen molar-refractivity contribution in [2.75, 3.05) is 13.2 Å². The third-order valence-corrected chi connectivity index (χ3v) is 14.6. The predicted molar refractivity (Wildman–Crippen MR) is 194 cm³/mol. The molecule has 3 rings (SSSR count). The first-order valence-corrected chi connectivity index (χ1v) is 20.7. The largest absolute Gasteiger partial charge is 0.353 e. The minimum atomic E-state index is -1.83. The Morgan fingerprint density at radius 3 is 1.63 bits per heavy atom. The van der Waals surface area contributed by atoms with Gasteiger partial charge in [0.2, 0.25) is 0 Å². The fourth-order valence-electron chi connectivity index (χ4n) is 5.34. The summed E-state index contributed by atoms with van der Waals surface area (Å²) in [5.41, 5.74) is 1.42. The molecule has 2 nitrogen and oxygen atoms in total. The Balaban J connectivity index is 1.35. The molecule has 3 aromatic rings. The number of hydrogen-bond acceptors (Lipinski definition) is 2. The van der Waals surface area contributed by atoms with E-state index in [0.29, 0.717) is 0 Å². The van der Waals surface area contributed by atoms with E-state index in [1.54, 1.807) is 0 Å². The van der Waals surface area contributed by atoms with Crippen LogP contribution in [0, 0.1) is 0 Å². The first kappa shape index (κ1) is 35.7. The Labute approximate surface area is 271 Å². The molecule has 43 heavy (non-hydrogen) atoms. The van der Waals surface area contributed by atoms with Crippen LogP contribution < -0.4 is 15.9 Å². The lowest BCUT2D eigenvalue weighted by molar-refractivity contribution is -0.148. The molecule has 0 aliphatic carbocycles. The van der Waals surface area contributed by atoms with Gasteiger partial charge in [-0.2, -0.15) is 0 Å². The van der Waals surface area contributed by atoms with Gasteiger partial charge < -0.3 is 9.47 Å². The van der Waals surface area contributed by atoms with E-state index in [-0.39, 0.29) is 6.29 Å². The molecule has 4 heteroatoms. The topological polar surface area (TPSA) is 18.5 Å². The SMILES string of the molecule is CCCCCOC(CCCCC/C=C/CCCc1ccc([P+](Br)(c2ccccc2)c2ccccc2)cc1)OCCCCC. The third kappa shape index (κ3) is 13.0. The summed E-state index contributed by atoms with van der Waals surface area (Å²) < 4.78 is 12.1. The number of aryl methyl sites for hydroxylation is 1. The molecule has 234 valence electrons. The van der Waals surface area contributed by atoms with E-state index in [4.69, 9.17) is 9.47 Å². The van der Waals surface area contributed by atoms with Crippen LogP contribution in [0.25, 0.3) is 0 Å². The number of benzene rings is 3. The van der Waals surface area contributed by atoms with Crippen LogP contribution in [0.2, 0.25) is 0 Å². The highest BCUT2D eigenvalue weighted by molar-refractivity contribution is 9.44. The minimum absolute atomic E-state index is 0.0113. The third-order valence-electron chi connectivity index (χ3n) is 7.93. The summed E-state index contributed by atoms with van der Waals surface area (Å²) in [6, 6.07) is 31.1. The standard InChI is InChI=1S/C39H55BrO2P/c1-3-5-21-33-41-39(42-34-22-6-4-2)28-20-12-10-8-7-9-11-15-23-35-29-31-38(32-30-35)43(40,36-24-16-13-17-25-36)37-26-18-14-19-27-37/h7,9,13-14,16-19,24-27,29-32,39H,3-6,8,10-12,15,20-23,28,33-34H2,1-2H3/q+1/b9-7+. The summed E-state index contributed by atoms with van der Waals surface area (Å²) in [6.45, 7) is 6.14. The van der Waals surface area contributed by atoms with Crippen molar-refractivity contribution in [3.63, 3.8) is 0 Å². The lowest BCUT2D eigenvalue weighted by Crippen LogP contribution is -2.26. The summed E-state index contributed by atoms with van der Waals surface area (Å²) in [7, 11) is 0. The van der Waals surface area contributed by atoms with Crippen LogP contribution in [0.15, 0.2) is 97.1 Å². The molecule has 0 bridgehead atoms. The second-order valence-electron chi connectivity index (χ2n) is 11.5. The maximum atomic E-state index is 6.06. The molecule has 0 spiro atoms. The van der Waals surface area contributed by atoms with Gasteiger partial charge in [-0.15, -0.1) is 0 Å². The highest BCUT2D eigenvalue weighted by Crippen LogP contribution is 2.62. The van der Waals surface area contributed by atoms with Crippen molar-refractivity contribution < 1.29 is 9.47 Å². The molecule has 0 atom stereocenters. The average Bonchev–Trinajstić information content (AvgIpc) is 3.06. The van der Waals surface area contributed by atoms with Crippen LogP contribution in [-0.2, 0) is 15.9 Å². The zero-order valence-electron chi connectivity index (χ0n) is 26.8. The van der Waals surface area contributed by atoms with Crippen molar-refractivity contribution in [2.24, 2.45) is 0 Å². The van der Waals surface area contributed by atoms with Crippen LogP contribution in [-0.4, -0.2) is 19.5 Å². The Morgan fingerprint density at radius 1 is 0.581 bits per heavy atom. The molecule has 0 saturated heterocycles. The van der Waals surface area contributed by atoms with Crippen LogP contribution in [0.5, 0.6) is 0 Å². The highest BCUT2D eigenvalue weighted by atomic mass is 79.9. The van der Waals surface area contributed by atoms with Crippen LogP contribution in [0.1, 0.15) is 103 Å². The molecular weight excluding hydrogens is 611 g/mol. The number of ether oxygens (including phenoxy) is 2. The molecule has 0 radical (unpaired) electrons. The van der Waals surface area contributed by atoms with Crippen molar-refractivity contribution >= 4 is 37.4 Å². The van der Waals surface area contributed by atoms with Gasteiger partial charge in [0.15, 0.2) is 27.7 Å². The smallest absolute Gasteiger partial charge is 0.181 e. The molecule has 0 N–H and O–H groups in total. The maximum Gasteiger partial charge on any atom is 0.181 e. The molecular formula is C39H55BrO2P+. The Morgan fingerprint density at radius 2 is 1.09 bits per heavy atom. The van der Waals surface area contributed by atoms with E-state index in [9.17, 15) is 0 Å². The first-order valence-electron chi connectivity index (χ1n) is 16.9. The van der Waals surface area contributed by atoms with Gasteiger partial charge in [-0.05, 0) is 99.7 Å². The van der Waals surface area contributed by atoms with E-state index in [1.165, 1.54) is 79.3 Å². The van der Waals surface area contributed by atoms with Crippen molar-refractivity contribution in [1.82, 2.24) is 0 Å². The Hall–Kier alpha value is -1.77. The van der Waals surface area contributed by atoms with Crippen molar-refractivity contribution in [3.05, 3.63) is 103 Å². The predicted octanol–water partition coefficient (Wildman–Crippen LogP) is 10.9. The molecule has 3 aromatic carbocycles. The number of allylic oxidation sites excluding steroid dienone is 2. The van der Waals surface area contributed by atoms with E-state index in [2.05, 4.69) is 126 Å². The zero-order valence-corrected chi connectivity index (χ0v) is 29.3. The molecule has 0 fully saturated rings. The second kappa shape index (κ2) is 21.9. The van der Waals surface area contributed by atoms with Crippen molar-refractivity contribution in [1.29, 1.82) is 0 Å². The summed E-state index contributed by atoms with van der Waals surface area (Å²) in [4.78, 5) is 0. The normalized spacial score (nSPS) is 12.0. The number of halogens is 1. The van der Waals surface area contributed by atoms with Gasteiger partial charge in [-0.1, -0.05) is 107 Å². The number of hydrogen-bond donors (Lipinski definition) is 0. The summed E-state index contributed by atoms with van der Waals surface area (Å²) in [5, 5.41) is 4.07. The molecule has 0 aromatic heterocycles. The quantitative estimate of drug-likeness (QED) is 0.0434. The minimum Gasteiger partial charge on any atom is -0.353 e. The lowest BCUT2D eigenvalue weighted by Gasteiger charge is -2.20. The molecule has 0 aliphatic rings. The van der Waals surface area contributed by atoms with Gasteiger partial charge >= 0.3 is 0 Å². The Bertz CT molecular complexity index is 1070.